The number of allylic oxidation sites excluding steroid dienone is 1. The molecule has 0 fully saturated rings. The van der Waals surface area contributed by atoms with E-state index < -0.39 is 0 Å². The molecule has 0 amide bonds. The van der Waals surface area contributed by atoms with Crippen LogP contribution in [0, 0.1) is 6.08 Å². The van der Waals surface area contributed by atoms with Crippen LogP contribution in [-0.4, -0.2) is 5.11 Å². The zero-order valence-electron chi connectivity index (χ0n) is 5.83. The third kappa shape index (κ3) is 1.62. The highest BCUT2D eigenvalue weighted by Crippen LogP contribution is 2.10. The SMILES string of the molecule is C/[C]=C\c1ccc(O)cc1. The van der Waals surface area contributed by atoms with E-state index in [0.717, 1.165) is 5.56 Å². The van der Waals surface area contributed by atoms with Gasteiger partial charge in [-0.05, 0) is 30.7 Å². The van der Waals surface area contributed by atoms with Gasteiger partial charge in [0.2, 0.25) is 0 Å². The van der Waals surface area contributed by atoms with Gasteiger partial charge in [-0.2, -0.15) is 0 Å². The second-order valence-electron chi connectivity index (χ2n) is 2.02. The van der Waals surface area contributed by atoms with Crippen molar-refractivity contribution in [1.82, 2.24) is 0 Å². The van der Waals surface area contributed by atoms with Crippen molar-refractivity contribution in [2.45, 2.75) is 6.92 Å². The molecule has 0 aliphatic carbocycles. The lowest BCUT2D eigenvalue weighted by Crippen LogP contribution is -1.68. The van der Waals surface area contributed by atoms with Crippen molar-refractivity contribution in [3.05, 3.63) is 35.9 Å². The van der Waals surface area contributed by atoms with E-state index in [2.05, 4.69) is 6.08 Å². The first kappa shape index (κ1) is 6.87. The standard InChI is InChI=1S/C9H9O/c1-2-3-8-4-6-9(10)7-5-8/h3-7,10H,1H3. The summed E-state index contributed by atoms with van der Waals surface area (Å²) in [6.07, 6.45) is 4.76. The molecule has 1 heteroatoms. The second-order valence-corrected chi connectivity index (χ2v) is 2.02. The van der Waals surface area contributed by atoms with Crippen molar-refractivity contribution in [2.75, 3.05) is 0 Å². The van der Waals surface area contributed by atoms with Gasteiger partial charge >= 0.3 is 0 Å². The number of phenols is 1. The summed E-state index contributed by atoms with van der Waals surface area (Å²) < 4.78 is 0. The maximum Gasteiger partial charge on any atom is 0.115 e. The van der Waals surface area contributed by atoms with Gasteiger partial charge in [0.25, 0.3) is 0 Å². The summed E-state index contributed by atoms with van der Waals surface area (Å²) in [5.74, 6) is 0.299. The van der Waals surface area contributed by atoms with Crippen LogP contribution in [0.2, 0.25) is 0 Å². The van der Waals surface area contributed by atoms with Crippen molar-refractivity contribution in [1.29, 1.82) is 0 Å². The number of rotatable bonds is 1. The average Bonchev–Trinajstić information content (AvgIpc) is 1.95. The van der Waals surface area contributed by atoms with E-state index in [1.54, 1.807) is 12.1 Å². The van der Waals surface area contributed by atoms with Crippen molar-refractivity contribution < 1.29 is 5.11 Å². The van der Waals surface area contributed by atoms with Crippen LogP contribution in [0.5, 0.6) is 5.75 Å². The Kier molecular flexibility index (Phi) is 2.11. The van der Waals surface area contributed by atoms with E-state index in [1.165, 1.54) is 0 Å². The molecular formula is C9H9O. The van der Waals surface area contributed by atoms with E-state index in [1.807, 2.05) is 25.1 Å². The molecule has 1 rings (SSSR count). The first-order valence-electron chi connectivity index (χ1n) is 3.12. The number of hydrogen-bond acceptors (Lipinski definition) is 1. The van der Waals surface area contributed by atoms with Crippen LogP contribution in [0.15, 0.2) is 24.3 Å². The van der Waals surface area contributed by atoms with Crippen molar-refractivity contribution >= 4 is 6.08 Å². The van der Waals surface area contributed by atoms with Gasteiger partial charge in [-0.1, -0.05) is 18.2 Å². The van der Waals surface area contributed by atoms with E-state index in [-0.39, 0.29) is 0 Å². The lowest BCUT2D eigenvalue weighted by molar-refractivity contribution is 0.475. The normalized spacial score (nSPS) is 10.5. The number of phenolic OH excluding ortho intramolecular Hbond substituents is 1. The van der Waals surface area contributed by atoms with Gasteiger partial charge in [0.15, 0.2) is 0 Å². The third-order valence-electron chi connectivity index (χ3n) is 1.20. The maximum atomic E-state index is 8.89. The lowest BCUT2D eigenvalue weighted by atomic mass is 10.2. The summed E-state index contributed by atoms with van der Waals surface area (Å²) in [4.78, 5) is 0. The fourth-order valence-electron chi connectivity index (χ4n) is 0.737. The van der Waals surface area contributed by atoms with Gasteiger partial charge in [0, 0.05) is 0 Å². The van der Waals surface area contributed by atoms with Crippen LogP contribution in [0.1, 0.15) is 12.5 Å². The molecule has 1 aromatic carbocycles. The molecule has 0 bridgehead atoms. The molecular weight excluding hydrogens is 124 g/mol. The highest BCUT2D eigenvalue weighted by molar-refractivity contribution is 5.48. The van der Waals surface area contributed by atoms with Crippen LogP contribution in [-0.2, 0) is 0 Å². The minimum absolute atomic E-state index is 0.299. The first-order chi connectivity index (χ1) is 4.83. The van der Waals surface area contributed by atoms with Gasteiger partial charge in [0.1, 0.15) is 5.75 Å². The summed E-state index contributed by atoms with van der Waals surface area (Å²) in [6.45, 7) is 1.84. The molecule has 0 saturated carbocycles. The quantitative estimate of drug-likeness (QED) is 0.622. The monoisotopic (exact) mass is 133 g/mol. The van der Waals surface area contributed by atoms with Gasteiger partial charge in [-0.15, -0.1) is 0 Å². The summed E-state index contributed by atoms with van der Waals surface area (Å²) in [6, 6.07) is 6.99. The Bertz CT molecular complexity index is 221. The molecule has 10 heavy (non-hydrogen) atoms. The van der Waals surface area contributed by atoms with Crippen LogP contribution in [0.3, 0.4) is 0 Å². The van der Waals surface area contributed by atoms with Crippen LogP contribution in [0.25, 0.3) is 6.08 Å². The summed E-state index contributed by atoms with van der Waals surface area (Å²) in [7, 11) is 0. The first-order valence-corrected chi connectivity index (χ1v) is 3.12. The molecule has 0 aliphatic heterocycles. The van der Waals surface area contributed by atoms with Crippen molar-refractivity contribution in [2.24, 2.45) is 0 Å². The maximum absolute atomic E-state index is 8.89. The van der Waals surface area contributed by atoms with Gasteiger partial charge in [-0.25, -0.2) is 0 Å². The minimum atomic E-state index is 0.299. The third-order valence-corrected chi connectivity index (χ3v) is 1.20. The Morgan fingerprint density at radius 1 is 1.30 bits per heavy atom. The molecule has 0 spiro atoms. The molecule has 0 atom stereocenters. The zero-order valence-corrected chi connectivity index (χ0v) is 5.83. The summed E-state index contributed by atoms with van der Waals surface area (Å²) >= 11 is 0. The highest BCUT2D eigenvalue weighted by Gasteiger charge is 1.85. The highest BCUT2D eigenvalue weighted by atomic mass is 16.3. The number of hydrogen-bond donors (Lipinski definition) is 1. The van der Waals surface area contributed by atoms with Gasteiger partial charge in [0.05, 0.1) is 0 Å². The van der Waals surface area contributed by atoms with Gasteiger partial charge in [-0.3, -0.25) is 0 Å². The van der Waals surface area contributed by atoms with E-state index in [0.29, 0.717) is 5.75 Å². The van der Waals surface area contributed by atoms with E-state index >= 15 is 0 Å². The molecule has 1 aromatic rings. The van der Waals surface area contributed by atoms with Crippen LogP contribution < -0.4 is 0 Å². The average molecular weight is 133 g/mol. The van der Waals surface area contributed by atoms with Crippen LogP contribution >= 0.6 is 0 Å². The fourth-order valence-corrected chi connectivity index (χ4v) is 0.737. The number of benzene rings is 1. The Hall–Kier alpha value is -1.24. The number of aromatic hydroxyl groups is 1. The molecule has 1 nitrogen and oxygen atoms in total. The molecule has 0 unspecified atom stereocenters. The molecule has 1 radical (unpaired) electrons. The molecule has 0 saturated heterocycles. The largest absolute Gasteiger partial charge is 0.508 e. The Morgan fingerprint density at radius 3 is 2.40 bits per heavy atom. The Morgan fingerprint density at radius 2 is 1.90 bits per heavy atom. The molecule has 51 valence electrons. The molecule has 0 aromatic heterocycles. The van der Waals surface area contributed by atoms with E-state index in [9.17, 15) is 0 Å². The fraction of sp³-hybridized carbons (Fsp3) is 0.111. The smallest absolute Gasteiger partial charge is 0.115 e. The summed E-state index contributed by atoms with van der Waals surface area (Å²) in [5.41, 5.74) is 1.06. The second kappa shape index (κ2) is 3.06. The van der Waals surface area contributed by atoms with Gasteiger partial charge < -0.3 is 5.11 Å². The predicted octanol–water partition coefficient (Wildman–Crippen LogP) is 2.23. The zero-order chi connectivity index (χ0) is 7.40. The molecule has 1 N–H and O–H groups in total. The molecule has 0 aliphatic rings. The minimum Gasteiger partial charge on any atom is -0.508 e. The lowest BCUT2D eigenvalue weighted by Gasteiger charge is -1.91. The Labute approximate surface area is 60.6 Å². The van der Waals surface area contributed by atoms with Crippen molar-refractivity contribution in [3.8, 4) is 5.75 Å². The summed E-state index contributed by atoms with van der Waals surface area (Å²) in [5, 5.41) is 8.89. The van der Waals surface area contributed by atoms with Crippen LogP contribution in [0.4, 0.5) is 0 Å². The topological polar surface area (TPSA) is 20.2 Å². The predicted molar refractivity (Wildman–Crippen MR) is 41.5 cm³/mol. The molecule has 0 heterocycles. The van der Waals surface area contributed by atoms with Crippen molar-refractivity contribution in [3.63, 3.8) is 0 Å². The Balaban J connectivity index is 2.89. The van der Waals surface area contributed by atoms with E-state index in [4.69, 9.17) is 5.11 Å².